The van der Waals surface area contributed by atoms with Gasteiger partial charge in [0.1, 0.15) is 0 Å². The highest BCUT2D eigenvalue weighted by atomic mass is 35.5. The average Bonchev–Trinajstić information content (AvgIpc) is 2.32. The van der Waals surface area contributed by atoms with E-state index in [-0.39, 0.29) is 30.3 Å². The molecule has 4 nitrogen and oxygen atoms in total. The number of hydrogen-bond acceptors (Lipinski definition) is 3. The van der Waals surface area contributed by atoms with Crippen molar-refractivity contribution in [3.63, 3.8) is 0 Å². The van der Waals surface area contributed by atoms with E-state index in [1.54, 1.807) is 0 Å². The monoisotopic (exact) mass is 387 g/mol. The molecule has 0 aromatic heterocycles. The number of likely N-dealkylation sites (N-methyl/N-ethyl adjacent to an activating group) is 1. The summed E-state index contributed by atoms with van der Waals surface area (Å²) in [6, 6.07) is 3.07. The first-order chi connectivity index (χ1) is 9.64. The van der Waals surface area contributed by atoms with Crippen LogP contribution < -0.4 is 11.1 Å². The summed E-state index contributed by atoms with van der Waals surface area (Å²) < 4.78 is 0. The molecule has 126 valence electrons. The van der Waals surface area contributed by atoms with Gasteiger partial charge in [-0.05, 0) is 31.1 Å². The second-order valence-corrected chi connectivity index (χ2v) is 7.08. The first-order valence-electron chi connectivity index (χ1n) is 6.47. The van der Waals surface area contributed by atoms with Gasteiger partial charge in [0.05, 0.1) is 22.3 Å². The highest BCUT2D eigenvalue weighted by molar-refractivity contribution is 6.42. The Morgan fingerprint density at radius 3 is 2.23 bits per heavy atom. The van der Waals surface area contributed by atoms with E-state index < -0.39 is 0 Å². The van der Waals surface area contributed by atoms with Crippen molar-refractivity contribution >= 4 is 58.8 Å². The lowest BCUT2D eigenvalue weighted by molar-refractivity contribution is -0.117. The van der Waals surface area contributed by atoms with Gasteiger partial charge in [-0.3, -0.25) is 9.69 Å². The maximum absolute atomic E-state index is 12.1. The maximum Gasteiger partial charge on any atom is 0.238 e. The molecule has 0 saturated carbocycles. The molecule has 1 rings (SSSR count). The van der Waals surface area contributed by atoms with E-state index in [0.29, 0.717) is 33.8 Å². The summed E-state index contributed by atoms with van der Waals surface area (Å²) in [5.41, 5.74) is 6.01. The molecule has 0 atom stereocenters. The van der Waals surface area contributed by atoms with E-state index in [0.717, 1.165) is 0 Å². The molecule has 0 aliphatic rings. The van der Waals surface area contributed by atoms with Crippen molar-refractivity contribution in [3.8, 4) is 0 Å². The molecule has 1 aromatic rings. The standard InChI is InChI=1S/C14H20Cl3N3O.ClH/c1-14(2,7-18)8-20(3)6-12(21)19-13-10(16)4-9(15)5-11(13)17;/h4-5H,6-8,18H2,1-3H3,(H,19,21);1H. The molecule has 0 aliphatic heterocycles. The zero-order valence-electron chi connectivity index (χ0n) is 12.8. The molecule has 8 heteroatoms. The Morgan fingerprint density at radius 1 is 1.27 bits per heavy atom. The van der Waals surface area contributed by atoms with Crippen LogP contribution in [0.25, 0.3) is 0 Å². The third kappa shape index (κ3) is 6.90. The SMILES string of the molecule is CN(CC(=O)Nc1c(Cl)cc(Cl)cc1Cl)CC(C)(C)CN.Cl. The lowest BCUT2D eigenvalue weighted by Gasteiger charge is -2.28. The Kier molecular flexibility index (Phi) is 9.06. The Balaban J connectivity index is 0.00000441. The number of carbonyl (C=O) groups excluding carboxylic acids is 1. The van der Waals surface area contributed by atoms with Crippen molar-refractivity contribution in [1.82, 2.24) is 4.90 Å². The highest BCUT2D eigenvalue weighted by Crippen LogP contribution is 2.33. The van der Waals surface area contributed by atoms with Crippen molar-refractivity contribution in [1.29, 1.82) is 0 Å². The number of hydrogen-bond donors (Lipinski definition) is 2. The molecule has 1 aromatic carbocycles. The van der Waals surface area contributed by atoms with Crippen LogP contribution in [0.1, 0.15) is 13.8 Å². The topological polar surface area (TPSA) is 58.4 Å². The Bertz CT molecular complexity index is 500. The summed E-state index contributed by atoms with van der Waals surface area (Å²) in [7, 11) is 1.86. The van der Waals surface area contributed by atoms with Crippen LogP contribution in [0.3, 0.4) is 0 Å². The van der Waals surface area contributed by atoms with Gasteiger partial charge in [0.25, 0.3) is 0 Å². The molecule has 0 unspecified atom stereocenters. The van der Waals surface area contributed by atoms with Gasteiger partial charge in [-0.2, -0.15) is 0 Å². The van der Waals surface area contributed by atoms with E-state index in [1.165, 1.54) is 12.1 Å². The van der Waals surface area contributed by atoms with Crippen LogP contribution in [-0.2, 0) is 4.79 Å². The second kappa shape index (κ2) is 9.16. The number of nitrogens with two attached hydrogens (primary N) is 1. The van der Waals surface area contributed by atoms with Crippen LogP contribution in [0.5, 0.6) is 0 Å². The number of nitrogens with zero attached hydrogens (tertiary/aromatic N) is 1. The zero-order valence-corrected chi connectivity index (χ0v) is 15.8. The molecule has 1 amide bonds. The Morgan fingerprint density at radius 2 is 1.77 bits per heavy atom. The van der Waals surface area contributed by atoms with Crippen molar-refractivity contribution in [2.24, 2.45) is 11.1 Å². The van der Waals surface area contributed by atoms with Gasteiger partial charge in [0, 0.05) is 11.6 Å². The van der Waals surface area contributed by atoms with Crippen molar-refractivity contribution < 1.29 is 4.79 Å². The molecular formula is C14H21Cl4N3O. The summed E-state index contributed by atoms with van der Waals surface area (Å²) in [4.78, 5) is 14.0. The molecule has 22 heavy (non-hydrogen) atoms. The van der Waals surface area contributed by atoms with Crippen LogP contribution >= 0.6 is 47.2 Å². The normalized spacial score (nSPS) is 11.3. The van der Waals surface area contributed by atoms with E-state index in [1.807, 2.05) is 25.8 Å². The van der Waals surface area contributed by atoms with Crippen molar-refractivity contribution in [3.05, 3.63) is 27.2 Å². The molecule has 0 radical (unpaired) electrons. The molecule has 0 fully saturated rings. The molecule has 0 saturated heterocycles. The van der Waals surface area contributed by atoms with Crippen LogP contribution in [-0.4, -0.2) is 37.5 Å². The minimum absolute atomic E-state index is 0. The fourth-order valence-corrected chi connectivity index (χ4v) is 2.85. The molecule has 0 heterocycles. The van der Waals surface area contributed by atoms with Gasteiger partial charge in [-0.15, -0.1) is 12.4 Å². The number of nitrogens with one attached hydrogen (secondary N) is 1. The quantitative estimate of drug-likeness (QED) is 0.776. The number of anilines is 1. The fourth-order valence-electron chi connectivity index (χ4n) is 1.94. The summed E-state index contributed by atoms with van der Waals surface area (Å²) in [6.07, 6.45) is 0. The predicted molar refractivity (Wildman–Crippen MR) is 97.7 cm³/mol. The zero-order chi connectivity index (χ0) is 16.2. The average molecular weight is 389 g/mol. The van der Waals surface area contributed by atoms with E-state index in [4.69, 9.17) is 40.5 Å². The smallest absolute Gasteiger partial charge is 0.238 e. The van der Waals surface area contributed by atoms with Gasteiger partial charge in [0.2, 0.25) is 5.91 Å². The molecule has 0 aliphatic carbocycles. The summed E-state index contributed by atoms with van der Waals surface area (Å²) in [5.74, 6) is -0.198. The minimum atomic E-state index is -0.198. The van der Waals surface area contributed by atoms with Crippen molar-refractivity contribution in [2.45, 2.75) is 13.8 Å². The van der Waals surface area contributed by atoms with Gasteiger partial charge in [0.15, 0.2) is 0 Å². The van der Waals surface area contributed by atoms with Gasteiger partial charge in [-0.1, -0.05) is 48.7 Å². The number of rotatable bonds is 6. The highest BCUT2D eigenvalue weighted by Gasteiger charge is 2.20. The van der Waals surface area contributed by atoms with Crippen molar-refractivity contribution in [2.75, 3.05) is 32.0 Å². The fraction of sp³-hybridized carbons (Fsp3) is 0.500. The van der Waals surface area contributed by atoms with Gasteiger partial charge >= 0.3 is 0 Å². The van der Waals surface area contributed by atoms with Gasteiger partial charge < -0.3 is 11.1 Å². The lowest BCUT2D eigenvalue weighted by Crippen LogP contribution is -2.40. The molecule has 0 bridgehead atoms. The van der Waals surface area contributed by atoms with Crippen LogP contribution in [0, 0.1) is 5.41 Å². The summed E-state index contributed by atoms with van der Waals surface area (Å²) in [6.45, 7) is 5.58. The van der Waals surface area contributed by atoms with E-state index >= 15 is 0 Å². The van der Waals surface area contributed by atoms with E-state index in [9.17, 15) is 4.79 Å². The van der Waals surface area contributed by atoms with Crippen LogP contribution in [0.15, 0.2) is 12.1 Å². The maximum atomic E-state index is 12.1. The second-order valence-electron chi connectivity index (χ2n) is 5.83. The molecule has 3 N–H and O–H groups in total. The number of amides is 1. The number of benzene rings is 1. The molecule has 0 spiro atoms. The summed E-state index contributed by atoms with van der Waals surface area (Å²) >= 11 is 17.9. The van der Waals surface area contributed by atoms with Crippen LogP contribution in [0.4, 0.5) is 5.69 Å². The number of carbonyl (C=O) groups is 1. The first-order valence-corrected chi connectivity index (χ1v) is 7.61. The molecular weight excluding hydrogens is 368 g/mol. The lowest BCUT2D eigenvalue weighted by atomic mass is 9.93. The predicted octanol–water partition coefficient (Wildman–Crippen LogP) is 3.92. The minimum Gasteiger partial charge on any atom is -0.330 e. The first kappa shape index (κ1) is 21.8. The Hall–Kier alpha value is -0.230. The largest absolute Gasteiger partial charge is 0.330 e. The third-order valence-electron chi connectivity index (χ3n) is 2.94. The summed E-state index contributed by atoms with van der Waals surface area (Å²) in [5, 5.41) is 3.75. The number of halogens is 4. The van der Waals surface area contributed by atoms with Gasteiger partial charge in [-0.25, -0.2) is 0 Å². The van der Waals surface area contributed by atoms with E-state index in [2.05, 4.69) is 5.32 Å². The van der Waals surface area contributed by atoms with Crippen LogP contribution in [0.2, 0.25) is 15.1 Å². The Labute approximate surface area is 152 Å². The third-order valence-corrected chi connectivity index (χ3v) is 3.75.